The molecule has 10 heavy (non-hydrogen) atoms. The molecule has 4 atom stereocenters. The van der Waals surface area contributed by atoms with Gasteiger partial charge in [0.25, 0.3) is 0 Å². The van der Waals surface area contributed by atoms with Gasteiger partial charge in [-0.3, -0.25) is 0 Å². The molecule has 0 aromatic rings. The normalized spacial score (nSPS) is 48.0. The zero-order valence-electron chi connectivity index (χ0n) is 5.21. The summed E-state index contributed by atoms with van der Waals surface area (Å²) in [5, 5.41) is 35.0. The first-order chi connectivity index (χ1) is 4.66. The van der Waals surface area contributed by atoms with Crippen LogP contribution in [0.5, 0.6) is 0 Å². The highest BCUT2D eigenvalue weighted by Gasteiger charge is 2.40. The predicted octanol–water partition coefficient (Wildman–Crippen LogP) is -1.87. The number of hydrogen-bond donors (Lipinski definition) is 4. The molecule has 1 aliphatic heterocycles. The Kier molecular flexibility index (Phi) is 2.54. The Morgan fingerprint density at radius 1 is 1.10 bits per heavy atom. The molecule has 60 valence electrons. The summed E-state index contributed by atoms with van der Waals surface area (Å²) < 4.78 is 0. The summed E-state index contributed by atoms with van der Waals surface area (Å²) >= 11 is 0.987. The molecule has 1 rings (SSSR count). The molecule has 0 saturated carbocycles. The molecule has 0 amide bonds. The highest BCUT2D eigenvalue weighted by molar-refractivity contribution is 8.00. The minimum absolute atomic E-state index is 0.222. The Hall–Kier alpha value is 0.190. The highest BCUT2D eigenvalue weighted by Crippen LogP contribution is 2.32. The Morgan fingerprint density at radius 2 is 1.70 bits per heavy atom. The fourth-order valence-electron chi connectivity index (χ4n) is 0.880. The van der Waals surface area contributed by atoms with Crippen molar-refractivity contribution in [2.45, 2.75) is 22.9 Å². The SMILES string of the molecule is OC[C@H]1SC(O)[C@H](O)[C@@H]1O. The molecule has 0 aromatic carbocycles. The molecular weight excluding hydrogens is 156 g/mol. The third kappa shape index (κ3) is 1.28. The van der Waals surface area contributed by atoms with E-state index in [4.69, 9.17) is 20.4 Å². The molecule has 0 radical (unpaired) electrons. The fraction of sp³-hybridized carbons (Fsp3) is 1.00. The molecule has 1 saturated heterocycles. The van der Waals surface area contributed by atoms with E-state index in [0.29, 0.717) is 0 Å². The molecule has 0 aromatic heterocycles. The van der Waals surface area contributed by atoms with Gasteiger partial charge < -0.3 is 20.4 Å². The number of rotatable bonds is 1. The van der Waals surface area contributed by atoms with Crippen LogP contribution in [0.3, 0.4) is 0 Å². The van der Waals surface area contributed by atoms with Gasteiger partial charge in [-0.05, 0) is 0 Å². The lowest BCUT2D eigenvalue weighted by Gasteiger charge is -2.11. The van der Waals surface area contributed by atoms with Gasteiger partial charge in [0, 0.05) is 0 Å². The van der Waals surface area contributed by atoms with Gasteiger partial charge in [0.2, 0.25) is 0 Å². The summed E-state index contributed by atoms with van der Waals surface area (Å²) in [5.74, 6) is 0. The Labute approximate surface area is 62.5 Å². The maximum absolute atomic E-state index is 9.04. The van der Waals surface area contributed by atoms with Crippen LogP contribution < -0.4 is 0 Å². The number of thioether (sulfide) groups is 1. The van der Waals surface area contributed by atoms with E-state index in [-0.39, 0.29) is 6.61 Å². The molecule has 1 fully saturated rings. The van der Waals surface area contributed by atoms with E-state index in [1.165, 1.54) is 0 Å². The van der Waals surface area contributed by atoms with Crippen LogP contribution in [0.1, 0.15) is 0 Å². The maximum atomic E-state index is 9.04. The van der Waals surface area contributed by atoms with Gasteiger partial charge in [0.05, 0.1) is 18.0 Å². The molecule has 5 heteroatoms. The molecule has 4 nitrogen and oxygen atoms in total. The van der Waals surface area contributed by atoms with E-state index >= 15 is 0 Å². The summed E-state index contributed by atoms with van der Waals surface area (Å²) in [4.78, 5) is 0. The summed E-state index contributed by atoms with van der Waals surface area (Å²) in [5.41, 5.74) is -0.966. The Balaban J connectivity index is 2.53. The zero-order chi connectivity index (χ0) is 7.72. The summed E-state index contributed by atoms with van der Waals surface area (Å²) in [7, 11) is 0. The van der Waals surface area contributed by atoms with Crippen LogP contribution in [-0.2, 0) is 0 Å². The lowest BCUT2D eigenvalue weighted by molar-refractivity contribution is -0.0181. The minimum atomic E-state index is -1.12. The van der Waals surface area contributed by atoms with E-state index in [0.717, 1.165) is 11.8 Å². The van der Waals surface area contributed by atoms with Crippen LogP contribution in [0.15, 0.2) is 0 Å². The van der Waals surface area contributed by atoms with Gasteiger partial charge >= 0.3 is 0 Å². The summed E-state index contributed by atoms with van der Waals surface area (Å²) in [6, 6.07) is 0. The second kappa shape index (κ2) is 3.06. The average molecular weight is 166 g/mol. The van der Waals surface area contributed by atoms with Gasteiger partial charge in [-0.2, -0.15) is 0 Å². The van der Waals surface area contributed by atoms with Crippen LogP contribution in [0.25, 0.3) is 0 Å². The molecule has 1 unspecified atom stereocenters. The molecule has 1 aliphatic rings. The largest absolute Gasteiger partial charge is 0.395 e. The van der Waals surface area contributed by atoms with Gasteiger partial charge in [0.15, 0.2) is 0 Å². The van der Waals surface area contributed by atoms with Crippen molar-refractivity contribution in [2.24, 2.45) is 0 Å². The Bertz CT molecular complexity index is 120. The highest BCUT2D eigenvalue weighted by atomic mass is 32.2. The first kappa shape index (κ1) is 8.29. The zero-order valence-corrected chi connectivity index (χ0v) is 6.03. The van der Waals surface area contributed by atoms with Gasteiger partial charge in [-0.25, -0.2) is 0 Å². The first-order valence-corrected chi connectivity index (χ1v) is 3.91. The molecule has 0 aliphatic carbocycles. The molecule has 1 heterocycles. The lowest BCUT2D eigenvalue weighted by Crippen LogP contribution is -2.33. The minimum Gasteiger partial charge on any atom is -0.395 e. The number of aliphatic hydroxyl groups excluding tert-OH is 4. The van der Waals surface area contributed by atoms with Crippen molar-refractivity contribution in [1.29, 1.82) is 0 Å². The van der Waals surface area contributed by atoms with Crippen LogP contribution in [0.4, 0.5) is 0 Å². The smallest absolute Gasteiger partial charge is 0.128 e. The van der Waals surface area contributed by atoms with Gasteiger partial charge in [-0.1, -0.05) is 0 Å². The fourth-order valence-corrected chi connectivity index (χ4v) is 1.97. The Morgan fingerprint density at radius 3 is 1.90 bits per heavy atom. The second-order valence-corrected chi connectivity index (χ2v) is 3.59. The lowest BCUT2D eigenvalue weighted by atomic mass is 10.1. The van der Waals surface area contributed by atoms with Crippen molar-refractivity contribution in [3.05, 3.63) is 0 Å². The third-order valence-electron chi connectivity index (χ3n) is 1.52. The van der Waals surface area contributed by atoms with Crippen LogP contribution in [-0.4, -0.2) is 49.9 Å². The van der Waals surface area contributed by atoms with Crippen molar-refractivity contribution in [3.63, 3.8) is 0 Å². The maximum Gasteiger partial charge on any atom is 0.128 e. The van der Waals surface area contributed by atoms with E-state index in [2.05, 4.69) is 0 Å². The van der Waals surface area contributed by atoms with Crippen molar-refractivity contribution in [3.8, 4) is 0 Å². The predicted molar refractivity (Wildman–Crippen MR) is 36.5 cm³/mol. The standard InChI is InChI=1S/C5H10O4S/c6-1-2-3(7)4(8)5(9)10-2/h2-9H,1H2/t2-,3-,4-,5?/m1/s1. The quantitative estimate of drug-likeness (QED) is 0.367. The van der Waals surface area contributed by atoms with Crippen LogP contribution >= 0.6 is 11.8 Å². The monoisotopic (exact) mass is 166 g/mol. The van der Waals surface area contributed by atoms with Gasteiger partial charge in [0.1, 0.15) is 11.5 Å². The van der Waals surface area contributed by atoms with Crippen molar-refractivity contribution in [2.75, 3.05) is 6.61 Å². The number of aliphatic hydroxyl groups is 4. The first-order valence-electron chi connectivity index (χ1n) is 2.97. The van der Waals surface area contributed by atoms with E-state index < -0.39 is 22.9 Å². The van der Waals surface area contributed by atoms with Crippen LogP contribution in [0, 0.1) is 0 Å². The van der Waals surface area contributed by atoms with E-state index in [1.54, 1.807) is 0 Å². The van der Waals surface area contributed by atoms with E-state index in [1.807, 2.05) is 0 Å². The van der Waals surface area contributed by atoms with Gasteiger partial charge in [-0.15, -0.1) is 11.8 Å². The third-order valence-corrected chi connectivity index (χ3v) is 2.85. The molecule has 4 N–H and O–H groups in total. The topological polar surface area (TPSA) is 80.9 Å². The second-order valence-electron chi connectivity index (χ2n) is 2.23. The average Bonchev–Trinajstić information content (AvgIpc) is 2.17. The molecular formula is C5H10O4S. The van der Waals surface area contributed by atoms with Crippen LogP contribution in [0.2, 0.25) is 0 Å². The van der Waals surface area contributed by atoms with Crippen molar-refractivity contribution in [1.82, 2.24) is 0 Å². The summed E-state index contributed by atoms with van der Waals surface area (Å²) in [6.45, 7) is -0.222. The van der Waals surface area contributed by atoms with Crippen molar-refractivity contribution >= 4 is 11.8 Å². The number of hydrogen-bond acceptors (Lipinski definition) is 5. The van der Waals surface area contributed by atoms with Crippen molar-refractivity contribution < 1.29 is 20.4 Å². The molecule has 0 bridgehead atoms. The summed E-state index contributed by atoms with van der Waals surface area (Å²) in [6.07, 6.45) is -2.13. The molecule has 0 spiro atoms. The van der Waals surface area contributed by atoms with E-state index in [9.17, 15) is 0 Å².